The lowest BCUT2D eigenvalue weighted by Crippen LogP contribution is -2.61. The van der Waals surface area contributed by atoms with E-state index in [-0.39, 0.29) is 42.5 Å². The minimum Gasteiger partial charge on any atom is -0.406 e. The Morgan fingerprint density at radius 2 is 1.60 bits per heavy atom. The number of urea groups is 1. The Kier molecular flexibility index (Phi) is 11.6. The Labute approximate surface area is 295 Å². The molecule has 0 aliphatic carbocycles. The van der Waals surface area contributed by atoms with Crippen LogP contribution in [0.1, 0.15) is 35.0 Å². The van der Waals surface area contributed by atoms with Gasteiger partial charge in [-0.15, -0.1) is 13.2 Å². The number of hydrogen-bond acceptors (Lipinski definition) is 8. The third-order valence-corrected chi connectivity index (χ3v) is 10.3. The summed E-state index contributed by atoms with van der Waals surface area (Å²) in [6, 6.07) is 9.27. The second-order valence-corrected chi connectivity index (χ2v) is 13.7. The van der Waals surface area contributed by atoms with Gasteiger partial charge in [0.25, 0.3) is 11.8 Å². The molecule has 2 fully saturated rings. The van der Waals surface area contributed by atoms with E-state index in [9.17, 15) is 44.8 Å². The van der Waals surface area contributed by atoms with Crippen LogP contribution in [0.25, 0.3) is 0 Å². The van der Waals surface area contributed by atoms with E-state index in [1.165, 1.54) is 54.4 Å². The van der Waals surface area contributed by atoms with Gasteiger partial charge in [0.15, 0.2) is 0 Å². The van der Waals surface area contributed by atoms with Gasteiger partial charge in [-0.05, 0) is 42.0 Å². The standard InChI is InChI=1S/C33H35F5N6O7S/c1-2-32(34,35)23-5-3-22(4-6-23)20-40-29(45)28-21-43(13-14-44(28)52(48,49)26-9-7-25(8-10-26)51-33(36,37)38)31(47)41-24-11-12-39-27(19-24)30(46)42-15-17-50-18-16-42/h3-12,19,28H,2,13-18,20-21H2,1H3,(H,40,45)(H,39,41,47)/t28-/m1/s1. The maximum atomic E-state index is 14.1. The zero-order valence-corrected chi connectivity index (χ0v) is 28.6. The summed E-state index contributed by atoms with van der Waals surface area (Å²) in [5.41, 5.74) is 0.510. The highest BCUT2D eigenvalue weighted by Crippen LogP contribution is 2.31. The third-order valence-electron chi connectivity index (χ3n) is 8.40. The van der Waals surface area contributed by atoms with E-state index < -0.39 is 63.9 Å². The second-order valence-electron chi connectivity index (χ2n) is 11.8. The fraction of sp³-hybridized carbons (Fsp3) is 0.394. The van der Waals surface area contributed by atoms with Gasteiger partial charge in [0, 0.05) is 63.1 Å². The summed E-state index contributed by atoms with van der Waals surface area (Å²) in [5.74, 6) is -4.89. The Bertz CT molecular complexity index is 1860. The van der Waals surface area contributed by atoms with Crippen molar-refractivity contribution in [1.82, 2.24) is 24.4 Å². The number of nitrogens with zero attached hydrogens (tertiary/aromatic N) is 4. The molecule has 2 aliphatic heterocycles. The normalized spacial score (nSPS) is 17.4. The molecule has 5 rings (SSSR count). The van der Waals surface area contributed by atoms with Crippen molar-refractivity contribution in [2.75, 3.05) is 51.3 Å². The minimum atomic E-state index is -5.01. The van der Waals surface area contributed by atoms with E-state index in [1.807, 2.05) is 0 Å². The summed E-state index contributed by atoms with van der Waals surface area (Å²) < 4.78 is 104. The van der Waals surface area contributed by atoms with Crippen molar-refractivity contribution in [3.05, 3.63) is 83.7 Å². The van der Waals surface area contributed by atoms with E-state index in [0.29, 0.717) is 31.9 Å². The number of hydrogen-bond donors (Lipinski definition) is 2. The number of rotatable bonds is 10. The van der Waals surface area contributed by atoms with Crippen molar-refractivity contribution >= 4 is 33.6 Å². The number of morpholine rings is 1. The van der Waals surface area contributed by atoms with Gasteiger partial charge in [-0.3, -0.25) is 14.6 Å². The first-order valence-corrected chi connectivity index (χ1v) is 17.5. The van der Waals surface area contributed by atoms with Crippen LogP contribution in [-0.4, -0.2) is 104 Å². The molecule has 2 aliphatic rings. The second kappa shape index (κ2) is 15.8. The quantitative estimate of drug-likeness (QED) is 0.293. The highest BCUT2D eigenvalue weighted by Gasteiger charge is 2.42. The molecule has 0 radical (unpaired) electrons. The van der Waals surface area contributed by atoms with Crippen molar-refractivity contribution in [2.24, 2.45) is 0 Å². The molecule has 0 unspecified atom stereocenters. The third kappa shape index (κ3) is 9.31. The molecule has 2 saturated heterocycles. The van der Waals surface area contributed by atoms with Gasteiger partial charge in [-0.1, -0.05) is 31.2 Å². The molecule has 0 bridgehead atoms. The monoisotopic (exact) mass is 754 g/mol. The average molecular weight is 755 g/mol. The molecule has 4 amide bonds. The zero-order valence-electron chi connectivity index (χ0n) is 27.7. The number of benzene rings is 2. The minimum absolute atomic E-state index is 0.0750. The molecular weight excluding hydrogens is 719 g/mol. The lowest BCUT2D eigenvalue weighted by Gasteiger charge is -2.39. The van der Waals surface area contributed by atoms with Gasteiger partial charge in [0.2, 0.25) is 15.9 Å². The molecule has 2 aromatic carbocycles. The van der Waals surface area contributed by atoms with Crippen molar-refractivity contribution < 1.29 is 54.2 Å². The van der Waals surface area contributed by atoms with Crippen molar-refractivity contribution in [3.8, 4) is 5.75 Å². The number of pyridine rings is 1. The molecule has 3 aromatic rings. The number of alkyl halides is 5. The predicted molar refractivity (Wildman–Crippen MR) is 175 cm³/mol. The summed E-state index contributed by atoms with van der Waals surface area (Å²) in [7, 11) is -4.52. The first-order chi connectivity index (χ1) is 24.6. The molecule has 280 valence electrons. The van der Waals surface area contributed by atoms with Crippen LogP contribution in [0.5, 0.6) is 5.75 Å². The predicted octanol–water partition coefficient (Wildman–Crippen LogP) is 4.18. The average Bonchev–Trinajstić information content (AvgIpc) is 3.13. The van der Waals surface area contributed by atoms with E-state index in [0.717, 1.165) is 28.6 Å². The van der Waals surface area contributed by atoms with Crippen LogP contribution in [0.15, 0.2) is 71.8 Å². The topological polar surface area (TPSA) is 150 Å². The molecule has 3 heterocycles. The largest absolute Gasteiger partial charge is 0.573 e. The molecule has 19 heteroatoms. The number of piperazine rings is 1. The smallest absolute Gasteiger partial charge is 0.406 e. The van der Waals surface area contributed by atoms with Crippen LogP contribution >= 0.6 is 0 Å². The fourth-order valence-corrected chi connectivity index (χ4v) is 7.10. The van der Waals surface area contributed by atoms with Crippen molar-refractivity contribution in [2.45, 2.75) is 43.1 Å². The van der Waals surface area contributed by atoms with Gasteiger partial charge in [-0.2, -0.15) is 4.31 Å². The first-order valence-electron chi connectivity index (χ1n) is 16.1. The van der Waals surface area contributed by atoms with Gasteiger partial charge in [0.05, 0.1) is 18.1 Å². The van der Waals surface area contributed by atoms with Gasteiger partial charge < -0.3 is 29.9 Å². The Balaban J connectivity index is 1.34. The maximum Gasteiger partial charge on any atom is 0.573 e. The van der Waals surface area contributed by atoms with Crippen LogP contribution in [0.3, 0.4) is 0 Å². The lowest BCUT2D eigenvalue weighted by molar-refractivity contribution is -0.274. The number of nitrogens with one attached hydrogen (secondary N) is 2. The van der Waals surface area contributed by atoms with Crippen LogP contribution in [0.4, 0.5) is 32.4 Å². The number of anilines is 1. The van der Waals surface area contributed by atoms with Gasteiger partial charge >= 0.3 is 12.4 Å². The summed E-state index contributed by atoms with van der Waals surface area (Å²) in [6.07, 6.45) is -4.08. The lowest BCUT2D eigenvalue weighted by atomic mass is 10.0. The molecule has 13 nitrogen and oxygen atoms in total. The molecule has 1 atom stereocenters. The van der Waals surface area contributed by atoms with Crippen LogP contribution in [0.2, 0.25) is 0 Å². The highest BCUT2D eigenvalue weighted by atomic mass is 32.2. The van der Waals surface area contributed by atoms with E-state index >= 15 is 0 Å². The number of amides is 4. The van der Waals surface area contributed by atoms with E-state index in [4.69, 9.17) is 4.74 Å². The van der Waals surface area contributed by atoms with Gasteiger partial charge in [0.1, 0.15) is 17.5 Å². The maximum absolute atomic E-state index is 14.1. The SMILES string of the molecule is CCC(F)(F)c1ccc(CNC(=O)[C@H]2CN(C(=O)Nc3ccnc(C(=O)N4CCOCC4)c3)CCN2S(=O)(=O)c2ccc(OC(F)(F)F)cc2)cc1. The molecule has 2 N–H and O–H groups in total. The molecule has 0 saturated carbocycles. The zero-order chi connectivity index (χ0) is 37.7. The number of ether oxygens (including phenoxy) is 2. The summed E-state index contributed by atoms with van der Waals surface area (Å²) >= 11 is 0. The van der Waals surface area contributed by atoms with Crippen molar-refractivity contribution in [3.63, 3.8) is 0 Å². The van der Waals surface area contributed by atoms with Crippen LogP contribution < -0.4 is 15.4 Å². The molecule has 52 heavy (non-hydrogen) atoms. The van der Waals surface area contributed by atoms with Crippen molar-refractivity contribution in [1.29, 1.82) is 0 Å². The molecule has 1 aromatic heterocycles. The van der Waals surface area contributed by atoms with Crippen LogP contribution in [0, 0.1) is 0 Å². The first kappa shape index (κ1) is 38.4. The Hall–Kier alpha value is -4.88. The van der Waals surface area contributed by atoms with Crippen LogP contribution in [-0.2, 0) is 32.0 Å². The number of aromatic nitrogens is 1. The number of sulfonamides is 1. The Morgan fingerprint density at radius 1 is 0.923 bits per heavy atom. The molecule has 0 spiro atoms. The molecular formula is C33H35F5N6O7S. The fourth-order valence-electron chi connectivity index (χ4n) is 5.53. The number of carbonyl (C=O) groups is 3. The van der Waals surface area contributed by atoms with Gasteiger partial charge in [-0.25, -0.2) is 22.0 Å². The van der Waals surface area contributed by atoms with E-state index in [2.05, 4.69) is 20.4 Å². The summed E-state index contributed by atoms with van der Waals surface area (Å²) in [4.78, 5) is 46.4. The summed E-state index contributed by atoms with van der Waals surface area (Å²) in [6.45, 7) is 1.65. The number of carbonyl (C=O) groups excluding carboxylic acids is 3. The highest BCUT2D eigenvalue weighted by molar-refractivity contribution is 7.89. The number of halogens is 5. The summed E-state index contributed by atoms with van der Waals surface area (Å²) in [5, 5.41) is 5.24. The van der Waals surface area contributed by atoms with E-state index in [1.54, 1.807) is 4.90 Å². The Morgan fingerprint density at radius 3 is 2.23 bits per heavy atom.